The average molecular weight is 237 g/mol. The lowest BCUT2D eigenvalue weighted by Crippen LogP contribution is -2.39. The monoisotopic (exact) mass is 237 g/mol. The molecular formula is C13H19NO3. The molecule has 0 bridgehead atoms. The molecule has 1 aliphatic heterocycles. The molecule has 2 rings (SSSR count). The summed E-state index contributed by atoms with van der Waals surface area (Å²) >= 11 is 0. The van der Waals surface area contributed by atoms with E-state index in [2.05, 4.69) is 4.90 Å². The summed E-state index contributed by atoms with van der Waals surface area (Å²) in [5, 5.41) is 9.32. The van der Waals surface area contributed by atoms with E-state index in [1.54, 1.807) is 14.2 Å². The summed E-state index contributed by atoms with van der Waals surface area (Å²) in [5.74, 6) is 1.52. The quantitative estimate of drug-likeness (QED) is 0.853. The van der Waals surface area contributed by atoms with Crippen LogP contribution in [0.25, 0.3) is 0 Å². The molecule has 1 heterocycles. The minimum absolute atomic E-state index is 0.185. The van der Waals surface area contributed by atoms with E-state index in [1.165, 1.54) is 11.1 Å². The number of aliphatic hydroxyl groups excluding tert-OH is 1. The molecule has 1 aromatic rings. The summed E-state index contributed by atoms with van der Waals surface area (Å²) in [5.41, 5.74) is 2.48. The molecule has 17 heavy (non-hydrogen) atoms. The summed E-state index contributed by atoms with van der Waals surface area (Å²) in [7, 11) is 5.32. The minimum Gasteiger partial charge on any atom is -0.493 e. The first-order valence-electron chi connectivity index (χ1n) is 5.74. The Bertz CT molecular complexity index is 406. The molecule has 1 aliphatic rings. The van der Waals surface area contributed by atoms with E-state index in [0.29, 0.717) is 0 Å². The molecule has 94 valence electrons. The Labute approximate surface area is 102 Å². The van der Waals surface area contributed by atoms with Crippen LogP contribution in [0.15, 0.2) is 12.1 Å². The first-order valence-corrected chi connectivity index (χ1v) is 5.74. The van der Waals surface area contributed by atoms with Crippen molar-refractivity contribution in [2.24, 2.45) is 0 Å². The van der Waals surface area contributed by atoms with Crippen molar-refractivity contribution in [3.8, 4) is 11.5 Å². The minimum atomic E-state index is 0.185. The van der Waals surface area contributed by atoms with Gasteiger partial charge in [0.1, 0.15) is 0 Å². The van der Waals surface area contributed by atoms with Gasteiger partial charge < -0.3 is 14.6 Å². The van der Waals surface area contributed by atoms with Crippen molar-refractivity contribution in [2.45, 2.75) is 19.0 Å². The number of benzene rings is 1. The normalized spacial score (nSPS) is 19.9. The maximum atomic E-state index is 9.32. The molecule has 1 aromatic carbocycles. The first-order chi connectivity index (χ1) is 8.19. The molecule has 0 aliphatic carbocycles. The van der Waals surface area contributed by atoms with Gasteiger partial charge in [0.15, 0.2) is 11.5 Å². The van der Waals surface area contributed by atoms with E-state index in [-0.39, 0.29) is 12.6 Å². The van der Waals surface area contributed by atoms with E-state index in [4.69, 9.17) is 9.47 Å². The molecule has 4 nitrogen and oxygen atoms in total. The fourth-order valence-corrected chi connectivity index (χ4v) is 2.31. The molecule has 0 saturated heterocycles. The predicted octanol–water partition coefficient (Wildman–Crippen LogP) is 1.05. The zero-order chi connectivity index (χ0) is 12.4. The Morgan fingerprint density at radius 3 is 2.35 bits per heavy atom. The van der Waals surface area contributed by atoms with Gasteiger partial charge in [-0.25, -0.2) is 0 Å². The predicted molar refractivity (Wildman–Crippen MR) is 65.6 cm³/mol. The highest BCUT2D eigenvalue weighted by Crippen LogP contribution is 2.34. The summed E-state index contributed by atoms with van der Waals surface area (Å²) in [6.45, 7) is 1.02. The molecule has 0 fully saturated rings. The molecule has 0 saturated carbocycles. The number of fused-ring (bicyclic) bond motifs is 1. The van der Waals surface area contributed by atoms with Gasteiger partial charge in [0.05, 0.1) is 20.8 Å². The van der Waals surface area contributed by atoms with E-state index in [0.717, 1.165) is 24.5 Å². The molecular weight excluding hydrogens is 218 g/mol. The maximum Gasteiger partial charge on any atom is 0.161 e. The third-order valence-electron chi connectivity index (χ3n) is 3.42. The van der Waals surface area contributed by atoms with Gasteiger partial charge >= 0.3 is 0 Å². The second kappa shape index (κ2) is 4.94. The Hall–Kier alpha value is -1.26. The van der Waals surface area contributed by atoms with E-state index in [1.807, 2.05) is 19.2 Å². The number of ether oxygens (including phenoxy) is 2. The largest absolute Gasteiger partial charge is 0.493 e. The van der Waals surface area contributed by atoms with Crippen LogP contribution < -0.4 is 9.47 Å². The van der Waals surface area contributed by atoms with E-state index < -0.39 is 0 Å². The van der Waals surface area contributed by atoms with Gasteiger partial charge in [-0.2, -0.15) is 0 Å². The molecule has 1 N–H and O–H groups in total. The lowest BCUT2D eigenvalue weighted by molar-refractivity contribution is 0.131. The highest BCUT2D eigenvalue weighted by atomic mass is 16.5. The zero-order valence-electron chi connectivity index (χ0n) is 10.6. The van der Waals surface area contributed by atoms with Crippen LogP contribution in [0.2, 0.25) is 0 Å². The second-order valence-corrected chi connectivity index (χ2v) is 4.43. The van der Waals surface area contributed by atoms with E-state index in [9.17, 15) is 5.11 Å². The molecule has 4 heteroatoms. The van der Waals surface area contributed by atoms with Gasteiger partial charge in [0.2, 0.25) is 0 Å². The van der Waals surface area contributed by atoms with Crippen LogP contribution in [0.4, 0.5) is 0 Å². The van der Waals surface area contributed by atoms with Crippen LogP contribution in [-0.2, 0) is 13.0 Å². The zero-order valence-corrected chi connectivity index (χ0v) is 10.6. The molecule has 0 spiro atoms. The van der Waals surface area contributed by atoms with Crippen molar-refractivity contribution >= 4 is 0 Å². The van der Waals surface area contributed by atoms with Crippen LogP contribution in [0.5, 0.6) is 11.5 Å². The molecule has 0 amide bonds. The number of hydrogen-bond acceptors (Lipinski definition) is 4. The SMILES string of the molecule is COc1cc2c(cc1OC)CN(C)C(CO)C2. The third-order valence-corrected chi connectivity index (χ3v) is 3.42. The highest BCUT2D eigenvalue weighted by Gasteiger charge is 2.24. The Balaban J connectivity index is 2.37. The van der Waals surface area contributed by atoms with Crippen molar-refractivity contribution in [1.29, 1.82) is 0 Å². The van der Waals surface area contributed by atoms with Gasteiger partial charge in [-0.05, 0) is 36.7 Å². The number of likely N-dealkylation sites (N-methyl/N-ethyl adjacent to an activating group) is 1. The molecule has 0 aromatic heterocycles. The van der Waals surface area contributed by atoms with Crippen molar-refractivity contribution in [3.05, 3.63) is 23.3 Å². The fraction of sp³-hybridized carbons (Fsp3) is 0.538. The Morgan fingerprint density at radius 2 is 1.82 bits per heavy atom. The summed E-state index contributed by atoms with van der Waals surface area (Å²) in [6, 6.07) is 4.24. The number of rotatable bonds is 3. The van der Waals surface area contributed by atoms with Crippen LogP contribution in [-0.4, -0.2) is 43.9 Å². The van der Waals surface area contributed by atoms with Crippen molar-refractivity contribution < 1.29 is 14.6 Å². The first kappa shape index (κ1) is 12.2. The lowest BCUT2D eigenvalue weighted by atomic mass is 9.94. The molecule has 1 atom stereocenters. The molecule has 1 unspecified atom stereocenters. The fourth-order valence-electron chi connectivity index (χ4n) is 2.31. The van der Waals surface area contributed by atoms with Gasteiger partial charge in [-0.15, -0.1) is 0 Å². The van der Waals surface area contributed by atoms with Crippen LogP contribution >= 0.6 is 0 Å². The van der Waals surface area contributed by atoms with E-state index >= 15 is 0 Å². The Kier molecular flexibility index (Phi) is 3.54. The maximum absolute atomic E-state index is 9.32. The smallest absolute Gasteiger partial charge is 0.161 e. The number of nitrogens with zero attached hydrogens (tertiary/aromatic N) is 1. The Morgan fingerprint density at radius 1 is 1.24 bits per heavy atom. The molecule has 0 radical (unpaired) electrons. The lowest BCUT2D eigenvalue weighted by Gasteiger charge is -2.33. The van der Waals surface area contributed by atoms with Gasteiger partial charge in [0.25, 0.3) is 0 Å². The number of aliphatic hydroxyl groups is 1. The average Bonchev–Trinajstić information content (AvgIpc) is 2.36. The van der Waals surface area contributed by atoms with Crippen molar-refractivity contribution in [3.63, 3.8) is 0 Å². The van der Waals surface area contributed by atoms with Crippen LogP contribution in [0.3, 0.4) is 0 Å². The topological polar surface area (TPSA) is 41.9 Å². The van der Waals surface area contributed by atoms with Gasteiger partial charge in [-0.3, -0.25) is 4.90 Å². The summed E-state index contributed by atoms with van der Waals surface area (Å²) in [6.07, 6.45) is 0.850. The van der Waals surface area contributed by atoms with Crippen molar-refractivity contribution in [1.82, 2.24) is 4.90 Å². The summed E-state index contributed by atoms with van der Waals surface area (Å²) < 4.78 is 10.6. The van der Waals surface area contributed by atoms with Crippen LogP contribution in [0, 0.1) is 0 Å². The van der Waals surface area contributed by atoms with Gasteiger partial charge in [0, 0.05) is 12.6 Å². The standard InChI is InChI=1S/C13H19NO3/c1-14-7-10-6-13(17-3)12(16-2)5-9(10)4-11(14)8-15/h5-6,11,15H,4,7-8H2,1-3H3. The highest BCUT2D eigenvalue weighted by molar-refractivity contribution is 5.48. The second-order valence-electron chi connectivity index (χ2n) is 4.43. The van der Waals surface area contributed by atoms with Crippen LogP contribution in [0.1, 0.15) is 11.1 Å². The summed E-state index contributed by atoms with van der Waals surface area (Å²) in [4.78, 5) is 2.16. The van der Waals surface area contributed by atoms with Crippen molar-refractivity contribution in [2.75, 3.05) is 27.9 Å². The number of methoxy groups -OCH3 is 2. The third kappa shape index (κ3) is 2.23. The number of hydrogen-bond donors (Lipinski definition) is 1. The van der Waals surface area contributed by atoms with Gasteiger partial charge in [-0.1, -0.05) is 0 Å².